The number of carbonyl (C=O) groups is 1. The summed E-state index contributed by atoms with van der Waals surface area (Å²) in [6.07, 6.45) is -4.58. The van der Waals surface area contributed by atoms with E-state index in [1.54, 1.807) is 30.3 Å². The Balaban J connectivity index is 2.21. The fourth-order valence-electron chi connectivity index (χ4n) is 1.89. The molecule has 1 N–H and O–H groups in total. The van der Waals surface area contributed by atoms with Crippen LogP contribution >= 0.6 is 11.8 Å². The lowest BCUT2D eigenvalue weighted by molar-refractivity contribution is -0.141. The Hall–Kier alpha value is -2.09. The van der Waals surface area contributed by atoms with E-state index in [9.17, 15) is 18.0 Å². The first-order chi connectivity index (χ1) is 11.8. The van der Waals surface area contributed by atoms with Crippen LogP contribution in [0.25, 0.3) is 11.3 Å². The molecule has 0 bridgehead atoms. The van der Waals surface area contributed by atoms with Crippen molar-refractivity contribution in [2.45, 2.75) is 25.2 Å². The highest BCUT2D eigenvalue weighted by Gasteiger charge is 2.33. The lowest BCUT2D eigenvalue weighted by Gasteiger charge is -2.11. The molecule has 0 saturated heterocycles. The maximum Gasteiger partial charge on any atom is 0.433 e. The molecular formula is C17H18F3N3OS. The van der Waals surface area contributed by atoms with Gasteiger partial charge in [-0.2, -0.15) is 13.2 Å². The van der Waals surface area contributed by atoms with E-state index >= 15 is 0 Å². The SMILES string of the molecule is CC(C)CNC(=O)CSc1nc(-c2ccccc2)cc(C(F)(F)F)n1. The molecule has 1 aromatic carbocycles. The van der Waals surface area contributed by atoms with Gasteiger partial charge in [0.25, 0.3) is 0 Å². The molecule has 0 radical (unpaired) electrons. The summed E-state index contributed by atoms with van der Waals surface area (Å²) in [5.74, 6) is -0.00756. The number of nitrogens with one attached hydrogen (secondary N) is 1. The third-order valence-corrected chi connectivity index (χ3v) is 3.95. The van der Waals surface area contributed by atoms with Crippen LogP contribution in [0.5, 0.6) is 0 Å². The van der Waals surface area contributed by atoms with Crippen LogP contribution in [0.1, 0.15) is 19.5 Å². The van der Waals surface area contributed by atoms with E-state index in [1.807, 2.05) is 13.8 Å². The van der Waals surface area contributed by atoms with Gasteiger partial charge in [0.15, 0.2) is 5.16 Å². The number of nitrogens with zero attached hydrogens (tertiary/aromatic N) is 2. The summed E-state index contributed by atoms with van der Waals surface area (Å²) in [7, 11) is 0. The van der Waals surface area contributed by atoms with Crippen LogP contribution in [-0.4, -0.2) is 28.2 Å². The van der Waals surface area contributed by atoms with Crippen molar-refractivity contribution in [3.05, 3.63) is 42.1 Å². The highest BCUT2D eigenvalue weighted by molar-refractivity contribution is 7.99. The van der Waals surface area contributed by atoms with E-state index in [0.717, 1.165) is 17.8 Å². The second-order valence-corrected chi connectivity index (χ2v) is 6.71. The average Bonchev–Trinajstić information content (AvgIpc) is 2.58. The zero-order valence-electron chi connectivity index (χ0n) is 13.8. The first-order valence-electron chi connectivity index (χ1n) is 7.67. The molecule has 8 heteroatoms. The highest BCUT2D eigenvalue weighted by Crippen LogP contribution is 2.31. The fourth-order valence-corrected chi connectivity index (χ4v) is 2.58. The summed E-state index contributed by atoms with van der Waals surface area (Å²) >= 11 is 0.885. The zero-order valence-corrected chi connectivity index (χ0v) is 14.6. The number of hydrogen-bond donors (Lipinski definition) is 1. The van der Waals surface area contributed by atoms with Gasteiger partial charge in [0.2, 0.25) is 5.91 Å². The second kappa shape index (κ2) is 8.33. The quantitative estimate of drug-likeness (QED) is 0.617. The molecule has 2 rings (SSSR count). The van der Waals surface area contributed by atoms with Crippen molar-refractivity contribution in [1.82, 2.24) is 15.3 Å². The van der Waals surface area contributed by atoms with Gasteiger partial charge >= 0.3 is 6.18 Å². The van der Waals surface area contributed by atoms with E-state index in [-0.39, 0.29) is 22.5 Å². The maximum absolute atomic E-state index is 13.1. The summed E-state index contributed by atoms with van der Waals surface area (Å²) in [4.78, 5) is 19.4. The minimum absolute atomic E-state index is 0.0394. The number of halogens is 3. The van der Waals surface area contributed by atoms with Crippen LogP contribution in [-0.2, 0) is 11.0 Å². The van der Waals surface area contributed by atoms with Gasteiger partial charge < -0.3 is 5.32 Å². The van der Waals surface area contributed by atoms with Crippen molar-refractivity contribution in [2.24, 2.45) is 5.92 Å². The normalized spacial score (nSPS) is 11.6. The summed E-state index contributed by atoms with van der Waals surface area (Å²) in [6, 6.07) is 9.47. The van der Waals surface area contributed by atoms with Crippen molar-refractivity contribution >= 4 is 17.7 Å². The Bertz CT molecular complexity index is 721. The van der Waals surface area contributed by atoms with Gasteiger partial charge in [0.05, 0.1) is 11.4 Å². The molecule has 134 valence electrons. The highest BCUT2D eigenvalue weighted by atomic mass is 32.2. The van der Waals surface area contributed by atoms with Gasteiger partial charge in [-0.3, -0.25) is 4.79 Å². The number of hydrogen-bond acceptors (Lipinski definition) is 4. The number of thioether (sulfide) groups is 1. The predicted octanol–water partition coefficient (Wildman–Crippen LogP) is 4.03. The van der Waals surface area contributed by atoms with Crippen LogP contribution in [0, 0.1) is 5.92 Å². The lowest BCUT2D eigenvalue weighted by atomic mass is 10.1. The Morgan fingerprint density at radius 3 is 2.48 bits per heavy atom. The third kappa shape index (κ3) is 6.04. The number of benzene rings is 1. The molecule has 1 aromatic heterocycles. The molecule has 0 atom stereocenters. The van der Waals surface area contributed by atoms with Crippen molar-refractivity contribution < 1.29 is 18.0 Å². The number of aromatic nitrogens is 2. The van der Waals surface area contributed by atoms with Gasteiger partial charge in [-0.15, -0.1) is 0 Å². The number of rotatable bonds is 6. The maximum atomic E-state index is 13.1. The van der Waals surface area contributed by atoms with Gasteiger partial charge in [-0.25, -0.2) is 9.97 Å². The molecule has 1 amide bonds. The van der Waals surface area contributed by atoms with Crippen molar-refractivity contribution in [3.8, 4) is 11.3 Å². The Kier molecular flexibility index (Phi) is 6.41. The Labute approximate surface area is 148 Å². The summed E-state index contributed by atoms with van der Waals surface area (Å²) in [5, 5.41) is 2.63. The van der Waals surface area contributed by atoms with E-state index in [2.05, 4.69) is 15.3 Å². The van der Waals surface area contributed by atoms with Crippen LogP contribution < -0.4 is 5.32 Å². The summed E-state index contributed by atoms with van der Waals surface area (Å²) in [6.45, 7) is 4.42. The van der Waals surface area contributed by atoms with Crippen molar-refractivity contribution in [1.29, 1.82) is 0 Å². The minimum atomic E-state index is -4.58. The van der Waals surface area contributed by atoms with E-state index in [1.165, 1.54) is 0 Å². The molecule has 0 saturated carbocycles. The van der Waals surface area contributed by atoms with Gasteiger partial charge in [0, 0.05) is 12.1 Å². The minimum Gasteiger partial charge on any atom is -0.355 e. The monoisotopic (exact) mass is 369 g/mol. The average molecular weight is 369 g/mol. The van der Waals surface area contributed by atoms with Crippen LogP contribution in [0.3, 0.4) is 0 Å². The molecule has 0 unspecified atom stereocenters. The Morgan fingerprint density at radius 2 is 1.88 bits per heavy atom. The smallest absolute Gasteiger partial charge is 0.355 e. The van der Waals surface area contributed by atoms with Gasteiger partial charge in [0.1, 0.15) is 5.69 Å². The number of carbonyl (C=O) groups excluding carboxylic acids is 1. The summed E-state index contributed by atoms with van der Waals surface area (Å²) in [5.41, 5.74) is -0.291. The molecule has 2 aromatic rings. The van der Waals surface area contributed by atoms with Gasteiger partial charge in [-0.1, -0.05) is 55.9 Å². The van der Waals surface area contributed by atoms with E-state index in [0.29, 0.717) is 18.0 Å². The fraction of sp³-hybridized carbons (Fsp3) is 0.353. The lowest BCUT2D eigenvalue weighted by Crippen LogP contribution is -2.28. The number of amides is 1. The summed E-state index contributed by atoms with van der Waals surface area (Å²) < 4.78 is 39.3. The standard InChI is InChI=1S/C17H18F3N3OS/c1-11(2)9-21-15(24)10-25-16-22-13(12-6-4-3-5-7-12)8-14(23-16)17(18,19)20/h3-8,11H,9-10H2,1-2H3,(H,21,24). The second-order valence-electron chi connectivity index (χ2n) is 5.77. The molecule has 25 heavy (non-hydrogen) atoms. The zero-order chi connectivity index (χ0) is 18.4. The van der Waals surface area contributed by atoms with Crippen LogP contribution in [0.2, 0.25) is 0 Å². The van der Waals surface area contributed by atoms with Gasteiger partial charge in [-0.05, 0) is 12.0 Å². The van der Waals surface area contributed by atoms with E-state index in [4.69, 9.17) is 0 Å². The molecule has 1 heterocycles. The first kappa shape index (κ1) is 19.2. The largest absolute Gasteiger partial charge is 0.433 e. The molecule has 0 aliphatic carbocycles. The predicted molar refractivity (Wildman–Crippen MR) is 91.0 cm³/mol. The third-order valence-electron chi connectivity index (χ3n) is 3.11. The van der Waals surface area contributed by atoms with Crippen molar-refractivity contribution in [2.75, 3.05) is 12.3 Å². The molecule has 4 nitrogen and oxygen atoms in total. The van der Waals surface area contributed by atoms with Crippen molar-refractivity contribution in [3.63, 3.8) is 0 Å². The Morgan fingerprint density at radius 1 is 1.20 bits per heavy atom. The first-order valence-corrected chi connectivity index (χ1v) is 8.65. The topological polar surface area (TPSA) is 54.9 Å². The van der Waals surface area contributed by atoms with Crippen LogP contribution in [0.4, 0.5) is 13.2 Å². The van der Waals surface area contributed by atoms with Crippen LogP contribution in [0.15, 0.2) is 41.6 Å². The molecule has 0 aliphatic rings. The molecule has 0 aliphatic heterocycles. The molecule has 0 spiro atoms. The molecule has 0 fully saturated rings. The number of alkyl halides is 3. The molecular weight excluding hydrogens is 351 g/mol. The van der Waals surface area contributed by atoms with E-state index < -0.39 is 11.9 Å².